The molecule has 0 bridgehead atoms. The number of carbonyl (C=O) groups is 1. The number of hydrogen-bond donors (Lipinski definition) is 1. The molecule has 25 heavy (non-hydrogen) atoms. The maximum absolute atomic E-state index is 12.5. The summed E-state index contributed by atoms with van der Waals surface area (Å²) < 4.78 is 0. The van der Waals surface area contributed by atoms with Crippen molar-refractivity contribution in [1.82, 2.24) is 15.2 Å². The average molecular weight is 423 g/mol. The van der Waals surface area contributed by atoms with E-state index >= 15 is 0 Å². The minimum Gasteiger partial charge on any atom is -0.338 e. The Hall–Kier alpha value is -0.850. The van der Waals surface area contributed by atoms with Crippen LogP contribution in [0, 0.1) is 0 Å². The molecule has 1 N–H and O–H groups in total. The van der Waals surface area contributed by atoms with Crippen LogP contribution < -0.4 is 5.32 Å². The van der Waals surface area contributed by atoms with Gasteiger partial charge in [-0.2, -0.15) is 0 Å². The van der Waals surface area contributed by atoms with Crippen LogP contribution in [0.4, 0.5) is 0 Å². The van der Waals surface area contributed by atoms with Gasteiger partial charge in [0.2, 0.25) is 5.91 Å². The standard InChI is InChI=1S/C17H20ClN3OS.2ClH/c1-19-10-13-5-4-8-21(13)16(22)9-12-11-23-17(20-12)14-6-2-3-7-15(14)18;;/h2-3,6-7,11,13,19H,4-5,8-10H2,1H3;2*1H. The molecule has 0 radical (unpaired) electrons. The molecule has 3 rings (SSSR count). The van der Waals surface area contributed by atoms with Crippen molar-refractivity contribution >= 4 is 53.7 Å². The Kier molecular flexibility index (Phi) is 9.17. The third kappa shape index (κ3) is 5.31. The van der Waals surface area contributed by atoms with E-state index < -0.39 is 0 Å². The van der Waals surface area contributed by atoms with Crippen LogP contribution in [0.5, 0.6) is 0 Å². The summed E-state index contributed by atoms with van der Waals surface area (Å²) in [7, 11) is 1.93. The molecule has 1 aromatic carbocycles. The van der Waals surface area contributed by atoms with Crippen molar-refractivity contribution in [3.05, 3.63) is 40.4 Å². The zero-order valence-electron chi connectivity index (χ0n) is 13.9. The molecule has 1 saturated heterocycles. The zero-order chi connectivity index (χ0) is 16.2. The average Bonchev–Trinajstić information content (AvgIpc) is 3.17. The number of likely N-dealkylation sites (N-methyl/N-ethyl adjacent to an activating group) is 1. The molecule has 2 heterocycles. The predicted octanol–water partition coefficient (Wildman–Crippen LogP) is 4.06. The lowest BCUT2D eigenvalue weighted by atomic mass is 10.2. The molecule has 0 aliphatic carbocycles. The maximum atomic E-state index is 12.5. The van der Waals surface area contributed by atoms with Gasteiger partial charge in [-0.15, -0.1) is 36.2 Å². The molecule has 0 saturated carbocycles. The summed E-state index contributed by atoms with van der Waals surface area (Å²) in [6.45, 7) is 1.71. The van der Waals surface area contributed by atoms with Gasteiger partial charge < -0.3 is 10.2 Å². The van der Waals surface area contributed by atoms with E-state index in [9.17, 15) is 4.79 Å². The molecular formula is C17H22Cl3N3OS. The van der Waals surface area contributed by atoms with Gasteiger partial charge in [0, 0.05) is 30.1 Å². The number of nitrogens with one attached hydrogen (secondary N) is 1. The Labute approximate surface area is 169 Å². The molecular weight excluding hydrogens is 401 g/mol. The highest BCUT2D eigenvalue weighted by atomic mass is 35.5. The second-order valence-corrected chi connectivity index (χ2v) is 7.01. The summed E-state index contributed by atoms with van der Waals surface area (Å²) in [6.07, 6.45) is 2.52. The monoisotopic (exact) mass is 421 g/mol. The Morgan fingerprint density at radius 1 is 1.40 bits per heavy atom. The van der Waals surface area contributed by atoms with E-state index in [0.29, 0.717) is 17.5 Å². The normalized spacial score (nSPS) is 16.2. The van der Waals surface area contributed by atoms with Crippen LogP contribution in [0.2, 0.25) is 5.02 Å². The van der Waals surface area contributed by atoms with Crippen molar-refractivity contribution in [2.45, 2.75) is 25.3 Å². The number of aromatic nitrogens is 1. The predicted molar refractivity (Wildman–Crippen MR) is 109 cm³/mol. The minimum atomic E-state index is 0. The van der Waals surface area contributed by atoms with Gasteiger partial charge in [0.05, 0.1) is 17.1 Å². The molecule has 1 atom stereocenters. The van der Waals surface area contributed by atoms with Gasteiger partial charge in [-0.1, -0.05) is 29.8 Å². The van der Waals surface area contributed by atoms with Crippen LogP contribution in [-0.4, -0.2) is 42.0 Å². The highest BCUT2D eigenvalue weighted by Gasteiger charge is 2.28. The Morgan fingerprint density at radius 2 is 2.16 bits per heavy atom. The highest BCUT2D eigenvalue weighted by molar-refractivity contribution is 7.13. The number of thiazole rings is 1. The number of carbonyl (C=O) groups excluding carboxylic acids is 1. The minimum absolute atomic E-state index is 0. The summed E-state index contributed by atoms with van der Waals surface area (Å²) in [5.74, 6) is 0.166. The first-order valence-corrected chi connectivity index (χ1v) is 9.08. The Bertz CT molecular complexity index is 695. The second-order valence-electron chi connectivity index (χ2n) is 5.74. The van der Waals surface area contributed by atoms with Crippen molar-refractivity contribution < 1.29 is 4.79 Å². The van der Waals surface area contributed by atoms with E-state index in [1.54, 1.807) is 0 Å². The number of rotatable bonds is 5. The zero-order valence-corrected chi connectivity index (χ0v) is 17.1. The summed E-state index contributed by atoms with van der Waals surface area (Å²) in [4.78, 5) is 19.1. The van der Waals surface area contributed by atoms with Crippen molar-refractivity contribution in [1.29, 1.82) is 0 Å². The Morgan fingerprint density at radius 3 is 2.88 bits per heavy atom. The fraction of sp³-hybridized carbons (Fsp3) is 0.412. The third-order valence-electron chi connectivity index (χ3n) is 4.13. The van der Waals surface area contributed by atoms with Crippen LogP contribution in [0.25, 0.3) is 10.6 Å². The number of benzene rings is 1. The molecule has 8 heteroatoms. The van der Waals surface area contributed by atoms with Crippen molar-refractivity contribution in [3.8, 4) is 10.6 Å². The first kappa shape index (κ1) is 22.2. The first-order valence-electron chi connectivity index (χ1n) is 7.82. The summed E-state index contributed by atoms with van der Waals surface area (Å²) in [5, 5.41) is 6.68. The lowest BCUT2D eigenvalue weighted by molar-refractivity contribution is -0.131. The number of likely N-dealkylation sites (tertiary alicyclic amines) is 1. The molecule has 4 nitrogen and oxygen atoms in total. The van der Waals surface area contributed by atoms with E-state index in [-0.39, 0.29) is 30.7 Å². The van der Waals surface area contributed by atoms with Gasteiger partial charge in [0.1, 0.15) is 5.01 Å². The van der Waals surface area contributed by atoms with E-state index in [2.05, 4.69) is 10.3 Å². The molecule has 1 aliphatic heterocycles. The fourth-order valence-electron chi connectivity index (χ4n) is 3.01. The van der Waals surface area contributed by atoms with Gasteiger partial charge >= 0.3 is 0 Å². The summed E-state index contributed by atoms with van der Waals surface area (Å²) >= 11 is 7.75. The van der Waals surface area contributed by atoms with Gasteiger partial charge in [0.15, 0.2) is 0 Å². The fourth-order valence-corrected chi connectivity index (χ4v) is 4.15. The van der Waals surface area contributed by atoms with Crippen molar-refractivity contribution in [2.75, 3.05) is 20.1 Å². The van der Waals surface area contributed by atoms with Crippen LogP contribution in [0.15, 0.2) is 29.6 Å². The van der Waals surface area contributed by atoms with E-state index in [0.717, 1.165) is 42.2 Å². The Balaban J connectivity index is 0.00000156. The van der Waals surface area contributed by atoms with E-state index in [1.165, 1.54) is 11.3 Å². The van der Waals surface area contributed by atoms with Gasteiger partial charge in [0.25, 0.3) is 0 Å². The third-order valence-corrected chi connectivity index (χ3v) is 5.38. The molecule has 1 unspecified atom stereocenters. The summed E-state index contributed by atoms with van der Waals surface area (Å²) in [6, 6.07) is 7.97. The quantitative estimate of drug-likeness (QED) is 0.790. The molecule has 1 aromatic heterocycles. The largest absolute Gasteiger partial charge is 0.338 e. The number of hydrogen-bond acceptors (Lipinski definition) is 4. The number of nitrogens with zero attached hydrogens (tertiary/aromatic N) is 2. The van der Waals surface area contributed by atoms with Gasteiger partial charge in [-0.05, 0) is 26.0 Å². The maximum Gasteiger partial charge on any atom is 0.228 e. The van der Waals surface area contributed by atoms with Crippen LogP contribution in [-0.2, 0) is 11.2 Å². The lowest BCUT2D eigenvalue weighted by Gasteiger charge is -2.24. The smallest absolute Gasteiger partial charge is 0.228 e. The van der Waals surface area contributed by atoms with Crippen LogP contribution >= 0.6 is 47.8 Å². The van der Waals surface area contributed by atoms with Gasteiger partial charge in [-0.3, -0.25) is 4.79 Å². The van der Waals surface area contributed by atoms with Gasteiger partial charge in [-0.25, -0.2) is 4.98 Å². The SMILES string of the molecule is CNCC1CCCN1C(=O)Cc1csc(-c2ccccc2Cl)n1.Cl.Cl. The topological polar surface area (TPSA) is 45.2 Å². The molecule has 1 aliphatic rings. The molecule has 1 fully saturated rings. The summed E-state index contributed by atoms with van der Waals surface area (Å²) in [5.41, 5.74) is 1.75. The van der Waals surface area contributed by atoms with E-state index in [4.69, 9.17) is 11.6 Å². The number of amides is 1. The van der Waals surface area contributed by atoms with E-state index in [1.807, 2.05) is 41.6 Å². The van der Waals surface area contributed by atoms with Crippen molar-refractivity contribution in [2.24, 2.45) is 0 Å². The second kappa shape index (κ2) is 10.3. The van der Waals surface area contributed by atoms with Crippen LogP contribution in [0.1, 0.15) is 18.5 Å². The lowest BCUT2D eigenvalue weighted by Crippen LogP contribution is -2.41. The molecule has 138 valence electrons. The van der Waals surface area contributed by atoms with Crippen LogP contribution in [0.3, 0.4) is 0 Å². The first-order chi connectivity index (χ1) is 11.2. The van der Waals surface area contributed by atoms with Crippen molar-refractivity contribution in [3.63, 3.8) is 0 Å². The molecule has 0 spiro atoms. The molecule has 1 amide bonds. The molecule has 2 aromatic rings. The number of halogens is 3. The highest BCUT2D eigenvalue weighted by Crippen LogP contribution is 2.30.